The van der Waals surface area contributed by atoms with Crippen molar-refractivity contribution in [2.45, 2.75) is 6.92 Å². The van der Waals surface area contributed by atoms with Gasteiger partial charge in [0.25, 0.3) is 5.69 Å². The highest BCUT2D eigenvalue weighted by atomic mass is 16.6. The first-order valence-electron chi connectivity index (χ1n) is 4.54. The Labute approximate surface area is 96.6 Å². The van der Waals surface area contributed by atoms with Crippen LogP contribution in [0.1, 0.15) is 12.5 Å². The molecule has 0 heterocycles. The van der Waals surface area contributed by atoms with Crippen LogP contribution in [-0.2, 0) is 4.79 Å². The van der Waals surface area contributed by atoms with Crippen LogP contribution in [0, 0.1) is 21.4 Å². The van der Waals surface area contributed by atoms with Crippen LogP contribution in [0.5, 0.6) is 0 Å². The molecule has 0 unspecified atom stereocenters. The number of allylic oxidation sites excluding steroid dienone is 1. The van der Waals surface area contributed by atoms with Crippen LogP contribution in [-0.4, -0.2) is 10.9 Å². The fraction of sp³-hybridized carbons (Fsp3) is 0.0909. The molecule has 0 atom stereocenters. The van der Waals surface area contributed by atoms with Crippen molar-refractivity contribution in [3.63, 3.8) is 0 Å². The lowest BCUT2D eigenvalue weighted by Crippen LogP contribution is -2.24. The van der Waals surface area contributed by atoms with Crippen LogP contribution < -0.4 is 5.11 Å². The number of hydrogen-bond donors (Lipinski definition) is 0. The smallest absolute Gasteiger partial charge is 0.270 e. The molecule has 6 heteroatoms. The number of aliphatic carboxylic acids is 1. The first kappa shape index (κ1) is 12.4. The minimum Gasteiger partial charge on any atom is -0.544 e. The Kier molecular flexibility index (Phi) is 3.57. The Morgan fingerprint density at radius 3 is 2.59 bits per heavy atom. The van der Waals surface area contributed by atoms with Gasteiger partial charge in [0.15, 0.2) is 0 Å². The maximum absolute atomic E-state index is 10.6. The second-order valence-electron chi connectivity index (χ2n) is 3.21. The number of rotatable bonds is 3. The number of nitriles is 1. The second kappa shape index (κ2) is 4.90. The molecule has 1 aromatic rings. The molecule has 0 N–H and O–H groups in total. The van der Waals surface area contributed by atoms with Gasteiger partial charge in [-0.25, -0.2) is 0 Å². The average Bonchev–Trinajstić information content (AvgIpc) is 2.29. The normalized spacial score (nSPS) is 11.3. The third-order valence-electron chi connectivity index (χ3n) is 2.18. The summed E-state index contributed by atoms with van der Waals surface area (Å²) in [7, 11) is 0. The van der Waals surface area contributed by atoms with E-state index >= 15 is 0 Å². The van der Waals surface area contributed by atoms with Gasteiger partial charge in [0.1, 0.15) is 6.07 Å². The number of carbonyl (C=O) groups is 1. The van der Waals surface area contributed by atoms with E-state index in [4.69, 9.17) is 5.26 Å². The predicted molar refractivity (Wildman–Crippen MR) is 56.3 cm³/mol. The van der Waals surface area contributed by atoms with Crippen molar-refractivity contribution >= 4 is 17.2 Å². The minimum absolute atomic E-state index is 0.135. The third-order valence-corrected chi connectivity index (χ3v) is 2.18. The number of nitro groups is 1. The summed E-state index contributed by atoms with van der Waals surface area (Å²) in [6.45, 7) is 1.40. The highest BCUT2D eigenvalue weighted by Crippen LogP contribution is 2.22. The van der Waals surface area contributed by atoms with Gasteiger partial charge in [-0.05, 0) is 18.1 Å². The fourth-order valence-electron chi connectivity index (χ4n) is 1.28. The van der Waals surface area contributed by atoms with Gasteiger partial charge in [0, 0.05) is 12.1 Å². The summed E-state index contributed by atoms with van der Waals surface area (Å²) in [6.07, 6.45) is 0. The molecule has 0 aromatic heterocycles. The zero-order chi connectivity index (χ0) is 13.0. The third kappa shape index (κ3) is 2.66. The van der Waals surface area contributed by atoms with Crippen molar-refractivity contribution in [1.29, 1.82) is 5.26 Å². The summed E-state index contributed by atoms with van der Waals surface area (Å²) in [5.41, 5.74) is -0.265. The van der Waals surface area contributed by atoms with Gasteiger partial charge >= 0.3 is 0 Å². The maximum atomic E-state index is 10.6. The van der Waals surface area contributed by atoms with Crippen LogP contribution in [0.25, 0.3) is 5.57 Å². The molecule has 0 aliphatic carbocycles. The largest absolute Gasteiger partial charge is 0.544 e. The number of non-ortho nitro benzene ring substituents is 1. The van der Waals surface area contributed by atoms with Crippen molar-refractivity contribution in [1.82, 2.24) is 0 Å². The van der Waals surface area contributed by atoms with Crippen LogP contribution in [0.3, 0.4) is 0 Å². The second-order valence-corrected chi connectivity index (χ2v) is 3.21. The van der Waals surface area contributed by atoms with Crippen molar-refractivity contribution in [2.75, 3.05) is 0 Å². The highest BCUT2D eigenvalue weighted by molar-refractivity contribution is 5.98. The summed E-state index contributed by atoms with van der Waals surface area (Å²) in [4.78, 5) is 20.6. The van der Waals surface area contributed by atoms with E-state index in [2.05, 4.69) is 0 Å². The molecule has 0 amide bonds. The van der Waals surface area contributed by atoms with Gasteiger partial charge in [0.05, 0.1) is 16.5 Å². The van der Waals surface area contributed by atoms with E-state index in [0.717, 1.165) is 0 Å². The number of carbonyl (C=O) groups excluding carboxylic acids is 1. The maximum Gasteiger partial charge on any atom is 0.270 e. The monoisotopic (exact) mass is 231 g/mol. The Morgan fingerprint density at radius 2 is 2.12 bits per heavy atom. The molecule has 1 aromatic carbocycles. The van der Waals surface area contributed by atoms with Gasteiger partial charge in [-0.2, -0.15) is 5.26 Å². The summed E-state index contributed by atoms with van der Waals surface area (Å²) in [6, 6.07) is 6.89. The molecule has 0 radical (unpaired) electrons. The van der Waals surface area contributed by atoms with Gasteiger partial charge in [-0.15, -0.1) is 0 Å². The van der Waals surface area contributed by atoms with Crippen LogP contribution in [0.15, 0.2) is 29.8 Å². The van der Waals surface area contributed by atoms with Crippen molar-refractivity contribution < 1.29 is 14.8 Å². The summed E-state index contributed by atoms with van der Waals surface area (Å²) < 4.78 is 0. The Morgan fingerprint density at radius 1 is 1.47 bits per heavy atom. The molecule has 0 spiro atoms. The van der Waals surface area contributed by atoms with Gasteiger partial charge < -0.3 is 9.90 Å². The highest BCUT2D eigenvalue weighted by Gasteiger charge is 2.10. The number of hydrogen-bond acceptors (Lipinski definition) is 5. The van der Waals surface area contributed by atoms with E-state index < -0.39 is 16.5 Å². The SMILES string of the molecule is C/C(=C(/C#N)C(=O)[O-])c1cccc([N+](=O)[O-])c1. The van der Waals surface area contributed by atoms with E-state index in [-0.39, 0.29) is 11.3 Å². The first-order valence-corrected chi connectivity index (χ1v) is 4.54. The zero-order valence-corrected chi connectivity index (χ0v) is 8.84. The zero-order valence-electron chi connectivity index (χ0n) is 8.84. The van der Waals surface area contributed by atoms with E-state index in [0.29, 0.717) is 5.56 Å². The molecule has 17 heavy (non-hydrogen) atoms. The number of carboxylic acid groups (broad SMARTS) is 1. The molecule has 0 bridgehead atoms. The Bertz CT molecular complexity index is 555. The van der Waals surface area contributed by atoms with Crippen molar-refractivity contribution in [3.05, 3.63) is 45.5 Å². The molecule has 6 nitrogen and oxygen atoms in total. The lowest BCUT2D eigenvalue weighted by atomic mass is 10.0. The van der Waals surface area contributed by atoms with E-state index in [9.17, 15) is 20.0 Å². The standard InChI is InChI=1S/C11H8N2O4/c1-7(10(6-12)11(14)15)8-3-2-4-9(5-8)13(16)17/h2-5H,1H3,(H,14,15)/p-1/b10-7+. The van der Waals surface area contributed by atoms with Gasteiger partial charge in [-0.3, -0.25) is 10.1 Å². The van der Waals surface area contributed by atoms with E-state index in [1.807, 2.05) is 0 Å². The first-order chi connectivity index (χ1) is 7.97. The molecule has 0 aliphatic rings. The number of benzene rings is 1. The molecular formula is C11H7N2O4-. The summed E-state index contributed by atoms with van der Waals surface area (Å²) >= 11 is 0. The topological polar surface area (TPSA) is 107 Å². The quantitative estimate of drug-likeness (QED) is 0.328. The van der Waals surface area contributed by atoms with E-state index in [1.54, 1.807) is 0 Å². The summed E-state index contributed by atoms with van der Waals surface area (Å²) in [5.74, 6) is -1.60. The lowest BCUT2D eigenvalue weighted by Gasteiger charge is -2.06. The summed E-state index contributed by atoms with van der Waals surface area (Å²) in [5, 5.41) is 29.8. The van der Waals surface area contributed by atoms with Crippen molar-refractivity contribution in [3.8, 4) is 6.07 Å². The number of carboxylic acids is 1. The van der Waals surface area contributed by atoms with Gasteiger partial charge in [0.2, 0.25) is 0 Å². The predicted octanol–water partition coefficient (Wildman–Crippen LogP) is 0.642. The molecule has 86 valence electrons. The number of nitro benzene ring substituents is 1. The molecular weight excluding hydrogens is 224 g/mol. The lowest BCUT2D eigenvalue weighted by molar-refractivity contribution is -0.384. The molecule has 0 fully saturated rings. The Hall–Kier alpha value is -2.68. The molecule has 1 rings (SSSR count). The van der Waals surface area contributed by atoms with Crippen LogP contribution in [0.2, 0.25) is 0 Å². The van der Waals surface area contributed by atoms with E-state index in [1.165, 1.54) is 37.3 Å². The Balaban J connectivity index is 3.35. The fourth-order valence-corrected chi connectivity index (χ4v) is 1.28. The van der Waals surface area contributed by atoms with Crippen molar-refractivity contribution in [2.24, 2.45) is 0 Å². The molecule has 0 saturated carbocycles. The average molecular weight is 231 g/mol. The van der Waals surface area contributed by atoms with Crippen LogP contribution >= 0.6 is 0 Å². The van der Waals surface area contributed by atoms with Gasteiger partial charge in [-0.1, -0.05) is 12.1 Å². The molecule has 0 aliphatic heterocycles. The minimum atomic E-state index is -1.60. The number of nitrogens with zero attached hydrogens (tertiary/aromatic N) is 2. The van der Waals surface area contributed by atoms with Crippen LogP contribution in [0.4, 0.5) is 5.69 Å². The molecule has 0 saturated heterocycles.